The second-order valence-corrected chi connectivity index (χ2v) is 7.83. The second kappa shape index (κ2) is 8.52. The lowest BCUT2D eigenvalue weighted by Gasteiger charge is -2.18. The molecule has 4 rings (SSSR count). The fourth-order valence-corrected chi connectivity index (χ4v) is 3.92. The number of amides is 1. The molecule has 3 aromatic rings. The summed E-state index contributed by atoms with van der Waals surface area (Å²) in [4.78, 5) is 20.8. The molecule has 0 saturated heterocycles. The van der Waals surface area contributed by atoms with Crippen LogP contribution in [0.15, 0.2) is 48.4 Å². The minimum atomic E-state index is -0.514. The summed E-state index contributed by atoms with van der Waals surface area (Å²) in [6.07, 6.45) is 9.38. The lowest BCUT2D eigenvalue weighted by atomic mass is 9.86. The van der Waals surface area contributed by atoms with Gasteiger partial charge in [0.2, 0.25) is 5.91 Å². The van der Waals surface area contributed by atoms with Crippen molar-refractivity contribution in [3.63, 3.8) is 0 Å². The van der Waals surface area contributed by atoms with Gasteiger partial charge in [-0.3, -0.25) is 9.78 Å². The molecule has 1 aliphatic carbocycles. The predicted octanol–water partition coefficient (Wildman–Crippen LogP) is 4.91. The predicted molar refractivity (Wildman–Crippen MR) is 118 cm³/mol. The smallest absolute Gasteiger partial charge is 0.249 e. The highest BCUT2D eigenvalue weighted by molar-refractivity contribution is 6.02. The van der Waals surface area contributed by atoms with E-state index in [2.05, 4.69) is 21.4 Å². The van der Waals surface area contributed by atoms with Crippen LogP contribution in [0, 0.1) is 30.0 Å². The molecule has 3 N–H and O–H groups in total. The number of hydrogen-bond acceptors (Lipinski definition) is 5. The number of carbonyl (C=O) groups excluding carboxylic acids is 1. The monoisotopic (exact) mass is 415 g/mol. The summed E-state index contributed by atoms with van der Waals surface area (Å²) in [6.45, 7) is 1.88. The maximum atomic E-state index is 14.9. The molecule has 0 radical (unpaired) electrons. The number of aryl methyl sites for hydroxylation is 1. The van der Waals surface area contributed by atoms with Crippen LogP contribution in [0.3, 0.4) is 0 Å². The molecule has 1 aliphatic rings. The fourth-order valence-electron chi connectivity index (χ4n) is 3.92. The summed E-state index contributed by atoms with van der Waals surface area (Å²) in [6, 6.07) is 7.48. The molecule has 2 heterocycles. The van der Waals surface area contributed by atoms with Gasteiger partial charge in [0.05, 0.1) is 11.8 Å². The number of halogens is 1. The SMILES string of the molecule is Cc1ccncc1-c1cc2cc(NC(=O)C=C3CCC(C#N)CC3)ncc2c(N)c1F. The lowest BCUT2D eigenvalue weighted by Crippen LogP contribution is -2.13. The number of allylic oxidation sites excluding steroid dienone is 1. The van der Waals surface area contributed by atoms with E-state index in [0.717, 1.165) is 36.8 Å². The zero-order chi connectivity index (χ0) is 22.0. The van der Waals surface area contributed by atoms with Gasteiger partial charge in [0, 0.05) is 47.1 Å². The molecule has 0 spiro atoms. The number of nitrogen functional groups attached to an aromatic ring is 1. The van der Waals surface area contributed by atoms with E-state index in [1.807, 2.05) is 13.0 Å². The molecule has 2 aromatic heterocycles. The maximum absolute atomic E-state index is 14.9. The molecule has 31 heavy (non-hydrogen) atoms. The number of fused-ring (bicyclic) bond motifs is 1. The summed E-state index contributed by atoms with van der Waals surface area (Å²) in [5.41, 5.74) is 8.99. The van der Waals surface area contributed by atoms with Gasteiger partial charge in [-0.15, -0.1) is 0 Å². The molecule has 156 valence electrons. The Morgan fingerprint density at radius 2 is 2.06 bits per heavy atom. The maximum Gasteiger partial charge on any atom is 0.249 e. The van der Waals surface area contributed by atoms with Crippen molar-refractivity contribution in [1.29, 1.82) is 5.26 Å². The third-order valence-electron chi connectivity index (χ3n) is 5.73. The van der Waals surface area contributed by atoms with Gasteiger partial charge in [-0.25, -0.2) is 9.37 Å². The van der Waals surface area contributed by atoms with E-state index < -0.39 is 5.82 Å². The Labute approximate surface area is 179 Å². The van der Waals surface area contributed by atoms with Crippen molar-refractivity contribution in [3.05, 3.63) is 59.8 Å². The number of nitriles is 1. The molecule has 6 nitrogen and oxygen atoms in total. The van der Waals surface area contributed by atoms with E-state index in [9.17, 15) is 9.18 Å². The largest absolute Gasteiger partial charge is 0.396 e. The van der Waals surface area contributed by atoms with Crippen molar-refractivity contribution in [3.8, 4) is 17.2 Å². The number of hydrogen-bond donors (Lipinski definition) is 2. The molecular formula is C24H22FN5O. The van der Waals surface area contributed by atoms with Crippen molar-refractivity contribution in [2.24, 2.45) is 5.92 Å². The average Bonchev–Trinajstić information content (AvgIpc) is 2.77. The van der Waals surface area contributed by atoms with Gasteiger partial charge in [0.1, 0.15) is 5.82 Å². The first-order chi connectivity index (χ1) is 15.0. The van der Waals surface area contributed by atoms with E-state index in [-0.39, 0.29) is 17.5 Å². The van der Waals surface area contributed by atoms with Crippen LogP contribution in [0.1, 0.15) is 31.2 Å². The third-order valence-corrected chi connectivity index (χ3v) is 5.73. The zero-order valence-corrected chi connectivity index (χ0v) is 17.2. The van der Waals surface area contributed by atoms with Crippen molar-refractivity contribution in [1.82, 2.24) is 9.97 Å². The first-order valence-electron chi connectivity index (χ1n) is 10.1. The Bertz CT molecular complexity index is 1230. The summed E-state index contributed by atoms with van der Waals surface area (Å²) >= 11 is 0. The van der Waals surface area contributed by atoms with Crippen molar-refractivity contribution < 1.29 is 9.18 Å². The van der Waals surface area contributed by atoms with Gasteiger partial charge in [-0.2, -0.15) is 5.26 Å². The average molecular weight is 415 g/mol. The van der Waals surface area contributed by atoms with Crippen LogP contribution in [0.25, 0.3) is 21.9 Å². The first-order valence-corrected chi connectivity index (χ1v) is 10.1. The van der Waals surface area contributed by atoms with Crippen molar-refractivity contribution in [2.75, 3.05) is 11.1 Å². The molecular weight excluding hydrogens is 393 g/mol. The number of aromatic nitrogens is 2. The van der Waals surface area contributed by atoms with Crippen LogP contribution >= 0.6 is 0 Å². The quantitative estimate of drug-likeness (QED) is 0.467. The van der Waals surface area contributed by atoms with E-state index in [1.54, 1.807) is 30.6 Å². The van der Waals surface area contributed by atoms with Gasteiger partial charge in [0.25, 0.3) is 0 Å². The standard InChI is InChI=1S/C24H22FN5O/c1-14-6-7-28-12-19(14)18-9-17-10-21(29-13-20(17)24(27)23(18)25)30-22(31)8-15-2-4-16(11-26)5-3-15/h6-10,12-13,16H,2-5,27H2,1H3,(H,29,30,31). The molecule has 1 fully saturated rings. The van der Waals surface area contributed by atoms with Crippen LogP contribution in [0.2, 0.25) is 0 Å². The van der Waals surface area contributed by atoms with Crippen molar-refractivity contribution in [2.45, 2.75) is 32.6 Å². The Morgan fingerprint density at radius 3 is 2.77 bits per heavy atom. The minimum Gasteiger partial charge on any atom is -0.396 e. The molecule has 1 amide bonds. The highest BCUT2D eigenvalue weighted by Crippen LogP contribution is 2.35. The Hall–Kier alpha value is -3.79. The molecule has 1 aromatic carbocycles. The van der Waals surface area contributed by atoms with Gasteiger partial charge in [-0.05, 0) is 61.8 Å². The summed E-state index contributed by atoms with van der Waals surface area (Å²) in [5, 5.41) is 12.9. The van der Waals surface area contributed by atoms with E-state index in [4.69, 9.17) is 11.0 Å². The summed E-state index contributed by atoms with van der Waals surface area (Å²) in [5.74, 6) is -0.346. The van der Waals surface area contributed by atoms with E-state index in [1.165, 1.54) is 6.20 Å². The number of carbonyl (C=O) groups is 1. The zero-order valence-electron chi connectivity index (χ0n) is 17.2. The van der Waals surface area contributed by atoms with Crippen LogP contribution in [-0.2, 0) is 4.79 Å². The van der Waals surface area contributed by atoms with E-state index >= 15 is 0 Å². The van der Waals surface area contributed by atoms with Crippen LogP contribution in [-0.4, -0.2) is 15.9 Å². The lowest BCUT2D eigenvalue weighted by molar-refractivity contribution is -0.112. The highest BCUT2D eigenvalue weighted by Gasteiger charge is 2.18. The number of anilines is 2. The number of nitrogens with two attached hydrogens (primary N) is 1. The molecule has 0 unspecified atom stereocenters. The van der Waals surface area contributed by atoms with Gasteiger partial charge in [-0.1, -0.05) is 5.57 Å². The summed E-state index contributed by atoms with van der Waals surface area (Å²) < 4.78 is 14.9. The Kier molecular flexibility index (Phi) is 5.63. The van der Waals surface area contributed by atoms with Gasteiger partial charge in [0.15, 0.2) is 5.82 Å². The highest BCUT2D eigenvalue weighted by atomic mass is 19.1. The number of benzene rings is 1. The van der Waals surface area contributed by atoms with E-state index in [0.29, 0.717) is 27.7 Å². The normalized spacial score (nSPS) is 16.0. The van der Waals surface area contributed by atoms with Gasteiger partial charge < -0.3 is 11.1 Å². The van der Waals surface area contributed by atoms with Crippen LogP contribution in [0.5, 0.6) is 0 Å². The third kappa shape index (κ3) is 4.24. The molecule has 7 heteroatoms. The topological polar surface area (TPSA) is 105 Å². The molecule has 0 atom stereocenters. The van der Waals surface area contributed by atoms with Crippen LogP contribution in [0.4, 0.5) is 15.9 Å². The molecule has 0 bridgehead atoms. The molecule has 0 aliphatic heterocycles. The number of pyridine rings is 2. The molecule has 1 saturated carbocycles. The number of nitrogens with zero attached hydrogens (tertiary/aromatic N) is 3. The first kappa shape index (κ1) is 20.5. The fraction of sp³-hybridized carbons (Fsp3) is 0.250. The van der Waals surface area contributed by atoms with Crippen LogP contribution < -0.4 is 11.1 Å². The number of nitrogens with one attached hydrogen (secondary N) is 1. The summed E-state index contributed by atoms with van der Waals surface area (Å²) in [7, 11) is 0. The van der Waals surface area contributed by atoms with Gasteiger partial charge >= 0.3 is 0 Å². The minimum absolute atomic E-state index is 0.0116. The van der Waals surface area contributed by atoms with Crippen molar-refractivity contribution >= 4 is 28.2 Å². The Morgan fingerprint density at radius 1 is 1.29 bits per heavy atom. The number of rotatable bonds is 3. The second-order valence-electron chi connectivity index (χ2n) is 7.83. The Balaban J connectivity index is 1.62.